The van der Waals surface area contributed by atoms with Crippen molar-refractivity contribution in [1.82, 2.24) is 5.32 Å². The average Bonchev–Trinajstić information content (AvgIpc) is 2.60. The van der Waals surface area contributed by atoms with Gasteiger partial charge in [0.05, 0.1) is 32.7 Å². The molecule has 0 unspecified atom stereocenters. The van der Waals surface area contributed by atoms with E-state index in [0.717, 1.165) is 30.6 Å². The summed E-state index contributed by atoms with van der Waals surface area (Å²) in [5.41, 5.74) is 2.34. The van der Waals surface area contributed by atoms with E-state index in [9.17, 15) is 14.4 Å². The van der Waals surface area contributed by atoms with Crippen LogP contribution in [0.5, 0.6) is 0 Å². The van der Waals surface area contributed by atoms with Gasteiger partial charge in [-0.25, -0.2) is 4.79 Å². The number of carbonyl (C=O) groups excluding carboxylic acids is 3. The number of esters is 2. The molecular formula is C17H22N2O5. The first-order chi connectivity index (χ1) is 11.6. The Hall–Kier alpha value is -2.57. The SMILES string of the molecule is COC(=O)CCNC(=O)CN1CCCc2c(C(=O)OC)cccc21. The number of fused-ring (bicyclic) bond motifs is 1. The molecule has 0 spiro atoms. The molecule has 2 rings (SSSR count). The number of nitrogens with one attached hydrogen (secondary N) is 1. The summed E-state index contributed by atoms with van der Waals surface area (Å²) in [5, 5.41) is 2.70. The second-order valence-electron chi connectivity index (χ2n) is 5.50. The fourth-order valence-electron chi connectivity index (χ4n) is 2.80. The number of ether oxygens (including phenoxy) is 2. The molecule has 130 valence electrons. The van der Waals surface area contributed by atoms with E-state index in [0.29, 0.717) is 5.56 Å². The van der Waals surface area contributed by atoms with E-state index >= 15 is 0 Å². The number of methoxy groups -OCH3 is 2. The van der Waals surface area contributed by atoms with Gasteiger partial charge in [0.25, 0.3) is 0 Å². The third kappa shape index (κ3) is 4.24. The van der Waals surface area contributed by atoms with Gasteiger partial charge in [-0.1, -0.05) is 6.07 Å². The second-order valence-corrected chi connectivity index (χ2v) is 5.50. The normalized spacial score (nSPS) is 13.0. The summed E-state index contributed by atoms with van der Waals surface area (Å²) in [7, 11) is 2.67. The van der Waals surface area contributed by atoms with Crippen LogP contribution in [0.1, 0.15) is 28.8 Å². The van der Waals surface area contributed by atoms with Crippen molar-refractivity contribution in [3.63, 3.8) is 0 Å². The standard InChI is InChI=1S/C17H22N2O5/c1-23-16(21)8-9-18-15(20)11-19-10-4-6-12-13(17(22)24-2)5-3-7-14(12)19/h3,5,7H,4,6,8-11H2,1-2H3,(H,18,20). The summed E-state index contributed by atoms with van der Waals surface area (Å²) in [5.74, 6) is -0.896. The molecule has 1 N–H and O–H groups in total. The van der Waals surface area contributed by atoms with Gasteiger partial charge < -0.3 is 19.7 Å². The zero-order chi connectivity index (χ0) is 17.5. The van der Waals surface area contributed by atoms with Gasteiger partial charge in [0.1, 0.15) is 0 Å². The van der Waals surface area contributed by atoms with Crippen LogP contribution in [-0.4, -0.2) is 51.7 Å². The molecule has 7 nitrogen and oxygen atoms in total. The highest BCUT2D eigenvalue weighted by molar-refractivity contribution is 5.93. The van der Waals surface area contributed by atoms with E-state index in [1.807, 2.05) is 11.0 Å². The Morgan fingerprint density at radius 1 is 1.21 bits per heavy atom. The molecule has 1 heterocycles. The molecule has 0 saturated heterocycles. The number of rotatable bonds is 6. The van der Waals surface area contributed by atoms with Crippen LogP contribution in [0.2, 0.25) is 0 Å². The molecule has 0 bridgehead atoms. The Balaban J connectivity index is 2.03. The Morgan fingerprint density at radius 3 is 2.71 bits per heavy atom. The van der Waals surface area contributed by atoms with Crippen LogP contribution in [0.15, 0.2) is 18.2 Å². The molecule has 1 aliphatic heterocycles. The summed E-state index contributed by atoms with van der Waals surface area (Å²) in [6.45, 7) is 1.16. The molecule has 1 aromatic rings. The van der Waals surface area contributed by atoms with E-state index in [1.165, 1.54) is 14.2 Å². The molecule has 0 aliphatic carbocycles. The van der Waals surface area contributed by atoms with Crippen molar-refractivity contribution in [2.45, 2.75) is 19.3 Å². The Kier molecular flexibility index (Phi) is 6.17. The molecule has 7 heteroatoms. The largest absolute Gasteiger partial charge is 0.469 e. The van der Waals surface area contributed by atoms with Crippen molar-refractivity contribution in [2.75, 3.05) is 38.8 Å². The smallest absolute Gasteiger partial charge is 0.338 e. The van der Waals surface area contributed by atoms with Gasteiger partial charge in [-0.05, 0) is 30.5 Å². The molecule has 0 aromatic heterocycles. The molecule has 0 atom stereocenters. The number of hydrogen-bond acceptors (Lipinski definition) is 6. The Bertz CT molecular complexity index is 629. The van der Waals surface area contributed by atoms with E-state index in [4.69, 9.17) is 4.74 Å². The first kappa shape index (κ1) is 17.8. The summed E-state index contributed by atoms with van der Waals surface area (Å²) in [6, 6.07) is 5.44. The quantitative estimate of drug-likeness (QED) is 0.778. The maximum atomic E-state index is 12.1. The van der Waals surface area contributed by atoms with Crippen molar-refractivity contribution in [1.29, 1.82) is 0 Å². The lowest BCUT2D eigenvalue weighted by molar-refractivity contribution is -0.140. The monoisotopic (exact) mass is 334 g/mol. The summed E-state index contributed by atoms with van der Waals surface area (Å²) in [4.78, 5) is 36.9. The minimum atomic E-state index is -0.365. The van der Waals surface area contributed by atoms with Gasteiger partial charge in [0.2, 0.25) is 5.91 Å². The summed E-state index contributed by atoms with van der Waals surface area (Å²) < 4.78 is 9.35. The lowest BCUT2D eigenvalue weighted by Crippen LogP contribution is -2.40. The van der Waals surface area contributed by atoms with Gasteiger partial charge >= 0.3 is 11.9 Å². The van der Waals surface area contributed by atoms with Crippen molar-refractivity contribution < 1.29 is 23.9 Å². The van der Waals surface area contributed by atoms with Gasteiger partial charge in [0.15, 0.2) is 0 Å². The second kappa shape index (κ2) is 8.33. The van der Waals surface area contributed by atoms with Gasteiger partial charge in [0, 0.05) is 18.8 Å². The molecule has 24 heavy (non-hydrogen) atoms. The minimum absolute atomic E-state index is 0.144. The lowest BCUT2D eigenvalue weighted by atomic mass is 9.96. The minimum Gasteiger partial charge on any atom is -0.469 e. The molecule has 1 aromatic carbocycles. The first-order valence-electron chi connectivity index (χ1n) is 7.85. The predicted octanol–water partition coefficient (Wildman–Crippen LogP) is 0.905. The molecule has 1 aliphatic rings. The molecule has 0 saturated carbocycles. The zero-order valence-corrected chi connectivity index (χ0v) is 14.0. The summed E-state index contributed by atoms with van der Waals surface area (Å²) in [6.07, 6.45) is 1.78. The third-order valence-electron chi connectivity index (χ3n) is 3.97. The van der Waals surface area contributed by atoms with E-state index < -0.39 is 0 Å². The van der Waals surface area contributed by atoms with Crippen LogP contribution in [0, 0.1) is 0 Å². The predicted molar refractivity (Wildman–Crippen MR) is 88.0 cm³/mol. The van der Waals surface area contributed by atoms with Crippen LogP contribution in [-0.2, 0) is 25.5 Å². The number of nitrogens with zero attached hydrogens (tertiary/aromatic N) is 1. The Labute approximate surface area is 140 Å². The van der Waals surface area contributed by atoms with Crippen LogP contribution < -0.4 is 10.2 Å². The van der Waals surface area contributed by atoms with Crippen LogP contribution in [0.3, 0.4) is 0 Å². The third-order valence-corrected chi connectivity index (χ3v) is 3.97. The lowest BCUT2D eigenvalue weighted by Gasteiger charge is -2.31. The van der Waals surface area contributed by atoms with Crippen LogP contribution in [0.25, 0.3) is 0 Å². The maximum Gasteiger partial charge on any atom is 0.338 e. The van der Waals surface area contributed by atoms with Crippen molar-refractivity contribution in [3.05, 3.63) is 29.3 Å². The number of carbonyl (C=O) groups is 3. The van der Waals surface area contributed by atoms with Crippen molar-refractivity contribution >= 4 is 23.5 Å². The van der Waals surface area contributed by atoms with Gasteiger partial charge in [-0.3, -0.25) is 9.59 Å². The molecule has 0 fully saturated rings. The zero-order valence-electron chi connectivity index (χ0n) is 14.0. The van der Waals surface area contributed by atoms with Crippen molar-refractivity contribution in [3.8, 4) is 0 Å². The van der Waals surface area contributed by atoms with Gasteiger partial charge in [-0.2, -0.15) is 0 Å². The highest BCUT2D eigenvalue weighted by Gasteiger charge is 2.23. The first-order valence-corrected chi connectivity index (χ1v) is 7.85. The molecular weight excluding hydrogens is 312 g/mol. The Morgan fingerprint density at radius 2 is 2.00 bits per heavy atom. The van der Waals surface area contributed by atoms with Crippen molar-refractivity contribution in [2.24, 2.45) is 0 Å². The highest BCUT2D eigenvalue weighted by atomic mass is 16.5. The fourth-order valence-corrected chi connectivity index (χ4v) is 2.80. The number of hydrogen-bond donors (Lipinski definition) is 1. The van der Waals surface area contributed by atoms with E-state index in [-0.39, 0.29) is 37.4 Å². The van der Waals surface area contributed by atoms with E-state index in [1.54, 1.807) is 12.1 Å². The van der Waals surface area contributed by atoms with E-state index in [2.05, 4.69) is 10.1 Å². The van der Waals surface area contributed by atoms with Crippen LogP contribution >= 0.6 is 0 Å². The molecule has 0 radical (unpaired) electrons. The average molecular weight is 334 g/mol. The fraction of sp³-hybridized carbons (Fsp3) is 0.471. The maximum absolute atomic E-state index is 12.1. The number of amides is 1. The summed E-state index contributed by atoms with van der Waals surface area (Å²) >= 11 is 0. The number of anilines is 1. The highest BCUT2D eigenvalue weighted by Crippen LogP contribution is 2.30. The van der Waals surface area contributed by atoms with Crippen LogP contribution in [0.4, 0.5) is 5.69 Å². The van der Waals surface area contributed by atoms with Gasteiger partial charge in [-0.15, -0.1) is 0 Å². The molecule has 1 amide bonds. The number of benzene rings is 1. The topological polar surface area (TPSA) is 84.9 Å².